The van der Waals surface area contributed by atoms with E-state index in [2.05, 4.69) is 29.4 Å². The highest BCUT2D eigenvalue weighted by atomic mass is 16.4. The quantitative estimate of drug-likeness (QED) is 0.924. The molecule has 3 rings (SSSR count). The van der Waals surface area contributed by atoms with E-state index in [1.807, 2.05) is 29.2 Å². The monoisotopic (exact) mass is 300 g/mol. The van der Waals surface area contributed by atoms with Crippen LogP contribution in [0.25, 0.3) is 11.5 Å². The van der Waals surface area contributed by atoms with Gasteiger partial charge in [0.1, 0.15) is 0 Å². The number of hydrogen-bond donors (Lipinski definition) is 1. The molecule has 116 valence electrons. The molecule has 2 amide bonds. The lowest BCUT2D eigenvalue weighted by atomic mass is 9.92. The van der Waals surface area contributed by atoms with Crippen molar-refractivity contribution in [3.8, 4) is 11.5 Å². The second kappa shape index (κ2) is 6.17. The van der Waals surface area contributed by atoms with Crippen molar-refractivity contribution in [1.82, 2.24) is 15.1 Å². The number of amides is 2. The van der Waals surface area contributed by atoms with Crippen molar-refractivity contribution in [2.24, 2.45) is 11.8 Å². The highest BCUT2D eigenvalue weighted by molar-refractivity contribution is 5.90. The third-order valence-corrected chi connectivity index (χ3v) is 3.88. The molecule has 2 aromatic rings. The second-order valence-corrected chi connectivity index (χ2v) is 6.11. The third-order valence-electron chi connectivity index (χ3n) is 3.88. The van der Waals surface area contributed by atoms with Gasteiger partial charge in [-0.05, 0) is 36.5 Å². The van der Waals surface area contributed by atoms with E-state index in [0.29, 0.717) is 17.7 Å². The molecule has 0 saturated carbocycles. The van der Waals surface area contributed by atoms with Gasteiger partial charge in [-0.2, -0.15) is 0 Å². The second-order valence-electron chi connectivity index (χ2n) is 6.11. The number of hydrogen-bond acceptors (Lipinski definition) is 4. The fraction of sp³-hybridized carbons (Fsp3) is 0.438. The maximum atomic E-state index is 12.4. The van der Waals surface area contributed by atoms with E-state index in [0.717, 1.165) is 24.3 Å². The molecule has 1 N–H and O–H groups in total. The molecule has 1 fully saturated rings. The summed E-state index contributed by atoms with van der Waals surface area (Å²) in [6.45, 7) is 5.98. The molecule has 1 saturated heterocycles. The molecule has 2 atom stereocenters. The van der Waals surface area contributed by atoms with E-state index in [-0.39, 0.29) is 6.03 Å². The Balaban J connectivity index is 1.70. The molecular weight excluding hydrogens is 280 g/mol. The first-order chi connectivity index (χ1) is 10.6. The Labute approximate surface area is 129 Å². The van der Waals surface area contributed by atoms with E-state index in [1.54, 1.807) is 0 Å². The average molecular weight is 300 g/mol. The molecule has 0 spiro atoms. The zero-order valence-electron chi connectivity index (χ0n) is 12.8. The number of piperidine rings is 1. The van der Waals surface area contributed by atoms with E-state index in [4.69, 9.17) is 4.42 Å². The molecular formula is C16H20N4O2. The summed E-state index contributed by atoms with van der Waals surface area (Å²) in [6, 6.07) is 7.36. The Morgan fingerprint density at radius 1 is 1.32 bits per heavy atom. The maximum Gasteiger partial charge on any atom is 0.321 e. The van der Waals surface area contributed by atoms with Crippen molar-refractivity contribution in [3.63, 3.8) is 0 Å². The standard InChI is InChI=1S/C16H20N4O2/c1-11-6-12(2)9-20(8-11)16(21)18-14-5-3-4-13(7-14)15-19-17-10-22-15/h3-5,7,10-12H,6,8-9H2,1-2H3,(H,18,21). The van der Waals surface area contributed by atoms with Crippen LogP contribution in [0.1, 0.15) is 20.3 Å². The van der Waals surface area contributed by atoms with Gasteiger partial charge in [0.15, 0.2) is 0 Å². The molecule has 1 aliphatic heterocycles. The summed E-state index contributed by atoms with van der Waals surface area (Å²) < 4.78 is 5.18. The predicted octanol–water partition coefficient (Wildman–Crippen LogP) is 3.25. The molecule has 6 nitrogen and oxygen atoms in total. The van der Waals surface area contributed by atoms with Crippen LogP contribution in [0.2, 0.25) is 0 Å². The lowest BCUT2D eigenvalue weighted by molar-refractivity contribution is 0.156. The van der Waals surface area contributed by atoms with E-state index < -0.39 is 0 Å². The Morgan fingerprint density at radius 3 is 2.77 bits per heavy atom. The first-order valence-electron chi connectivity index (χ1n) is 7.54. The molecule has 0 aliphatic carbocycles. The average Bonchev–Trinajstić information content (AvgIpc) is 3.00. The van der Waals surface area contributed by atoms with Gasteiger partial charge < -0.3 is 14.6 Å². The van der Waals surface area contributed by atoms with Gasteiger partial charge in [0, 0.05) is 24.3 Å². The van der Waals surface area contributed by atoms with Gasteiger partial charge in [-0.25, -0.2) is 4.79 Å². The van der Waals surface area contributed by atoms with Gasteiger partial charge in [-0.1, -0.05) is 19.9 Å². The Kier molecular flexibility index (Phi) is 4.09. The maximum absolute atomic E-state index is 12.4. The van der Waals surface area contributed by atoms with Crippen LogP contribution in [0.15, 0.2) is 35.1 Å². The highest BCUT2D eigenvalue weighted by Gasteiger charge is 2.25. The molecule has 1 aliphatic rings. The molecule has 2 unspecified atom stereocenters. The smallest absolute Gasteiger partial charge is 0.321 e. The van der Waals surface area contributed by atoms with Crippen LogP contribution in [-0.4, -0.2) is 34.2 Å². The minimum absolute atomic E-state index is 0.0546. The van der Waals surface area contributed by atoms with Crippen LogP contribution < -0.4 is 5.32 Å². The Bertz CT molecular complexity index is 631. The summed E-state index contributed by atoms with van der Waals surface area (Å²) in [5.41, 5.74) is 1.52. The highest BCUT2D eigenvalue weighted by Crippen LogP contribution is 2.23. The normalized spacial score (nSPS) is 21.6. The van der Waals surface area contributed by atoms with Gasteiger partial charge in [0.2, 0.25) is 12.3 Å². The largest absolute Gasteiger partial charge is 0.423 e. The zero-order chi connectivity index (χ0) is 15.5. The summed E-state index contributed by atoms with van der Waals surface area (Å²) in [6.07, 6.45) is 2.47. The van der Waals surface area contributed by atoms with E-state index in [9.17, 15) is 4.79 Å². The molecule has 0 bridgehead atoms. The van der Waals surface area contributed by atoms with Crippen LogP contribution in [0.3, 0.4) is 0 Å². The first-order valence-corrected chi connectivity index (χ1v) is 7.54. The number of carbonyl (C=O) groups excluding carboxylic acids is 1. The van der Waals surface area contributed by atoms with Gasteiger partial charge >= 0.3 is 6.03 Å². The summed E-state index contributed by atoms with van der Waals surface area (Å²) in [5, 5.41) is 10.5. The van der Waals surface area contributed by atoms with Crippen LogP contribution >= 0.6 is 0 Å². The van der Waals surface area contributed by atoms with Crippen LogP contribution in [-0.2, 0) is 0 Å². The number of anilines is 1. The molecule has 1 aromatic carbocycles. The molecule has 22 heavy (non-hydrogen) atoms. The summed E-state index contributed by atoms with van der Waals surface area (Å²) in [4.78, 5) is 14.3. The number of likely N-dealkylation sites (tertiary alicyclic amines) is 1. The SMILES string of the molecule is CC1CC(C)CN(C(=O)Nc2cccc(-c3nnco3)c2)C1. The number of carbonyl (C=O) groups is 1. The van der Waals surface area contributed by atoms with Gasteiger partial charge in [-0.3, -0.25) is 0 Å². The number of nitrogens with one attached hydrogen (secondary N) is 1. The molecule has 1 aromatic heterocycles. The lowest BCUT2D eigenvalue weighted by Gasteiger charge is -2.34. The van der Waals surface area contributed by atoms with Crippen molar-refractivity contribution in [3.05, 3.63) is 30.7 Å². The van der Waals surface area contributed by atoms with E-state index in [1.165, 1.54) is 12.8 Å². The lowest BCUT2D eigenvalue weighted by Crippen LogP contribution is -2.44. The van der Waals surface area contributed by atoms with Crippen molar-refractivity contribution in [1.29, 1.82) is 0 Å². The van der Waals surface area contributed by atoms with Gasteiger partial charge in [0.25, 0.3) is 0 Å². The molecule has 6 heteroatoms. The predicted molar refractivity (Wildman–Crippen MR) is 83.3 cm³/mol. The van der Waals surface area contributed by atoms with Crippen molar-refractivity contribution >= 4 is 11.7 Å². The Hall–Kier alpha value is -2.37. The third kappa shape index (κ3) is 3.27. The van der Waals surface area contributed by atoms with Crippen molar-refractivity contribution in [2.45, 2.75) is 20.3 Å². The number of rotatable bonds is 2. The van der Waals surface area contributed by atoms with Crippen molar-refractivity contribution < 1.29 is 9.21 Å². The first kappa shape index (κ1) is 14.6. The number of benzene rings is 1. The summed E-state index contributed by atoms with van der Waals surface area (Å²) >= 11 is 0. The van der Waals surface area contributed by atoms with Crippen LogP contribution in [0.4, 0.5) is 10.5 Å². The summed E-state index contributed by atoms with van der Waals surface area (Å²) in [5.74, 6) is 1.52. The van der Waals surface area contributed by atoms with E-state index >= 15 is 0 Å². The number of urea groups is 1. The van der Waals surface area contributed by atoms with Crippen LogP contribution in [0.5, 0.6) is 0 Å². The van der Waals surface area contributed by atoms with Crippen LogP contribution in [0, 0.1) is 11.8 Å². The molecule has 2 heterocycles. The summed E-state index contributed by atoms with van der Waals surface area (Å²) in [7, 11) is 0. The van der Waals surface area contributed by atoms with Crippen molar-refractivity contribution in [2.75, 3.05) is 18.4 Å². The fourth-order valence-corrected chi connectivity index (χ4v) is 3.06. The van der Waals surface area contributed by atoms with Gasteiger partial charge in [0.05, 0.1) is 0 Å². The topological polar surface area (TPSA) is 71.3 Å². The Morgan fingerprint density at radius 2 is 2.09 bits per heavy atom. The minimum atomic E-state index is -0.0546. The zero-order valence-corrected chi connectivity index (χ0v) is 12.8. The minimum Gasteiger partial charge on any atom is -0.423 e. The van der Waals surface area contributed by atoms with Gasteiger partial charge in [-0.15, -0.1) is 10.2 Å². The number of nitrogens with zero attached hydrogens (tertiary/aromatic N) is 3. The fourth-order valence-electron chi connectivity index (χ4n) is 3.06. The number of aromatic nitrogens is 2. The molecule has 0 radical (unpaired) electrons.